The number of thioether (sulfide) groups is 1. The molecule has 3 N–H and O–H groups in total. The summed E-state index contributed by atoms with van der Waals surface area (Å²) < 4.78 is 19.1. The summed E-state index contributed by atoms with van der Waals surface area (Å²) in [6.07, 6.45) is 3.48. The minimum atomic E-state index is -0.314. The van der Waals surface area contributed by atoms with Crippen molar-refractivity contribution in [3.8, 4) is 5.75 Å². The number of ether oxygens (including phenoxy) is 1. The lowest BCUT2D eigenvalue weighted by Crippen LogP contribution is -2.26. The highest BCUT2D eigenvalue weighted by Gasteiger charge is 2.27. The van der Waals surface area contributed by atoms with Crippen LogP contribution < -0.4 is 15.8 Å². The molecule has 0 aliphatic heterocycles. The summed E-state index contributed by atoms with van der Waals surface area (Å²) >= 11 is 1.94. The summed E-state index contributed by atoms with van der Waals surface area (Å²) in [6.45, 7) is 2.16. The van der Waals surface area contributed by atoms with Crippen molar-refractivity contribution >= 4 is 23.1 Å². The van der Waals surface area contributed by atoms with Crippen LogP contribution in [0.3, 0.4) is 0 Å². The van der Waals surface area contributed by atoms with Gasteiger partial charge in [-0.2, -0.15) is 11.8 Å². The number of nitrogens with two attached hydrogens (primary N) is 1. The monoisotopic (exact) mass is 284 g/mol. The molecule has 1 aromatic rings. The summed E-state index contributed by atoms with van der Waals surface area (Å²) in [5.74, 6) is 1.29. The number of benzene rings is 1. The molecule has 0 aromatic heterocycles. The molecular formula is C14H21FN2OS. The van der Waals surface area contributed by atoms with Gasteiger partial charge in [-0.05, 0) is 18.6 Å². The maximum absolute atomic E-state index is 13.9. The Bertz CT molecular complexity index is 442. The third-order valence-electron chi connectivity index (χ3n) is 3.49. The molecule has 0 heterocycles. The molecule has 1 aliphatic carbocycles. The lowest BCUT2D eigenvalue weighted by Gasteiger charge is -2.22. The summed E-state index contributed by atoms with van der Waals surface area (Å²) in [5.41, 5.74) is 6.50. The molecule has 1 saturated carbocycles. The summed E-state index contributed by atoms with van der Waals surface area (Å²) in [7, 11) is 1.54. The van der Waals surface area contributed by atoms with E-state index < -0.39 is 0 Å². The zero-order valence-corrected chi connectivity index (χ0v) is 12.2. The first-order valence-corrected chi connectivity index (χ1v) is 7.71. The van der Waals surface area contributed by atoms with Crippen LogP contribution in [0.1, 0.15) is 26.2 Å². The lowest BCUT2D eigenvalue weighted by molar-refractivity contribution is 0.416. The maximum Gasteiger partial charge on any atom is 0.148 e. The van der Waals surface area contributed by atoms with E-state index in [1.54, 1.807) is 13.2 Å². The molecule has 0 amide bonds. The van der Waals surface area contributed by atoms with Crippen molar-refractivity contribution in [3.63, 3.8) is 0 Å². The van der Waals surface area contributed by atoms with Gasteiger partial charge in [-0.3, -0.25) is 0 Å². The zero-order chi connectivity index (χ0) is 13.8. The predicted octanol–water partition coefficient (Wildman–Crippen LogP) is 3.50. The average molecular weight is 284 g/mol. The molecule has 1 fully saturated rings. The van der Waals surface area contributed by atoms with Gasteiger partial charge in [0.15, 0.2) is 0 Å². The van der Waals surface area contributed by atoms with E-state index in [9.17, 15) is 4.39 Å². The van der Waals surface area contributed by atoms with Crippen LogP contribution in [0.25, 0.3) is 0 Å². The number of anilines is 2. The van der Waals surface area contributed by atoms with Crippen LogP contribution in [0, 0.1) is 5.82 Å². The van der Waals surface area contributed by atoms with Crippen molar-refractivity contribution in [1.82, 2.24) is 0 Å². The normalized spacial score (nSPS) is 22.5. The molecule has 0 radical (unpaired) electrons. The Balaban J connectivity index is 2.14. The fourth-order valence-corrected chi connectivity index (χ4v) is 3.76. The topological polar surface area (TPSA) is 47.3 Å². The molecule has 2 rings (SSSR count). The van der Waals surface area contributed by atoms with E-state index >= 15 is 0 Å². The molecule has 1 aliphatic rings. The van der Waals surface area contributed by atoms with Gasteiger partial charge in [-0.15, -0.1) is 0 Å². The van der Waals surface area contributed by atoms with E-state index in [0.717, 1.165) is 12.2 Å². The second-order valence-electron chi connectivity index (χ2n) is 4.75. The van der Waals surface area contributed by atoms with Crippen LogP contribution in [0.4, 0.5) is 15.8 Å². The molecule has 0 spiro atoms. The fourth-order valence-electron chi connectivity index (χ4n) is 2.56. The van der Waals surface area contributed by atoms with Gasteiger partial charge < -0.3 is 15.8 Å². The summed E-state index contributed by atoms with van der Waals surface area (Å²) in [4.78, 5) is 0. The second-order valence-corrected chi connectivity index (χ2v) is 6.27. The van der Waals surface area contributed by atoms with Crippen LogP contribution in [0.2, 0.25) is 0 Å². The number of hydrogen-bond donors (Lipinski definition) is 2. The predicted molar refractivity (Wildman–Crippen MR) is 80.5 cm³/mol. The Morgan fingerprint density at radius 1 is 1.47 bits per heavy atom. The number of nitrogens with one attached hydrogen (secondary N) is 1. The van der Waals surface area contributed by atoms with Crippen molar-refractivity contribution in [2.75, 3.05) is 23.9 Å². The second kappa shape index (κ2) is 6.37. The third kappa shape index (κ3) is 3.26. The molecular weight excluding hydrogens is 263 g/mol. The number of rotatable bonds is 5. The quantitative estimate of drug-likeness (QED) is 0.812. The van der Waals surface area contributed by atoms with Gasteiger partial charge in [-0.25, -0.2) is 4.39 Å². The van der Waals surface area contributed by atoms with Gasteiger partial charge in [0, 0.05) is 23.4 Å². The maximum atomic E-state index is 13.9. The molecule has 19 heavy (non-hydrogen) atoms. The van der Waals surface area contributed by atoms with Crippen molar-refractivity contribution in [2.45, 2.75) is 37.5 Å². The Morgan fingerprint density at radius 3 is 2.95 bits per heavy atom. The molecule has 2 atom stereocenters. The van der Waals surface area contributed by atoms with E-state index in [2.05, 4.69) is 12.2 Å². The van der Waals surface area contributed by atoms with Gasteiger partial charge in [-0.1, -0.05) is 13.3 Å². The van der Waals surface area contributed by atoms with Crippen molar-refractivity contribution in [3.05, 3.63) is 17.9 Å². The highest BCUT2D eigenvalue weighted by molar-refractivity contribution is 7.99. The van der Waals surface area contributed by atoms with E-state index in [1.807, 2.05) is 11.8 Å². The molecule has 0 saturated heterocycles. The van der Waals surface area contributed by atoms with Gasteiger partial charge in [0.05, 0.1) is 18.5 Å². The van der Waals surface area contributed by atoms with Gasteiger partial charge in [0.1, 0.15) is 11.6 Å². The Morgan fingerprint density at radius 2 is 2.26 bits per heavy atom. The highest BCUT2D eigenvalue weighted by atomic mass is 32.2. The Labute approximate surface area is 118 Å². The standard InChI is InChI=1S/C14H21FN2OS/c1-3-19-14-6-4-5-11(14)17-12-8-13(18-2)10(16)7-9(12)15/h7-8,11,14,17H,3-6,16H2,1-2H3. The molecule has 3 nitrogen and oxygen atoms in total. The van der Waals surface area contributed by atoms with E-state index in [-0.39, 0.29) is 5.82 Å². The number of hydrogen-bond acceptors (Lipinski definition) is 4. The lowest BCUT2D eigenvalue weighted by atomic mass is 10.2. The molecule has 1 aromatic carbocycles. The zero-order valence-electron chi connectivity index (χ0n) is 11.4. The van der Waals surface area contributed by atoms with Crippen LogP contribution >= 0.6 is 11.8 Å². The molecule has 2 unspecified atom stereocenters. The van der Waals surface area contributed by atoms with Crippen LogP contribution in [0.15, 0.2) is 12.1 Å². The van der Waals surface area contributed by atoms with Crippen molar-refractivity contribution in [1.29, 1.82) is 0 Å². The first kappa shape index (κ1) is 14.3. The average Bonchev–Trinajstić information content (AvgIpc) is 2.80. The largest absolute Gasteiger partial charge is 0.495 e. The number of methoxy groups -OCH3 is 1. The smallest absolute Gasteiger partial charge is 0.148 e. The highest BCUT2D eigenvalue weighted by Crippen LogP contribution is 2.34. The van der Waals surface area contributed by atoms with Gasteiger partial charge in [0.25, 0.3) is 0 Å². The summed E-state index contributed by atoms with van der Waals surface area (Å²) in [5, 5.41) is 3.88. The minimum Gasteiger partial charge on any atom is -0.495 e. The fraction of sp³-hybridized carbons (Fsp3) is 0.571. The van der Waals surface area contributed by atoms with E-state index in [4.69, 9.17) is 10.5 Å². The van der Waals surface area contributed by atoms with Crippen LogP contribution in [0.5, 0.6) is 5.75 Å². The van der Waals surface area contributed by atoms with Gasteiger partial charge in [0.2, 0.25) is 0 Å². The van der Waals surface area contributed by atoms with Gasteiger partial charge >= 0.3 is 0 Å². The SMILES string of the molecule is CCSC1CCCC1Nc1cc(OC)c(N)cc1F. The third-order valence-corrected chi connectivity index (χ3v) is 4.82. The molecule has 0 bridgehead atoms. The Hall–Kier alpha value is -1.10. The van der Waals surface area contributed by atoms with E-state index in [1.165, 1.54) is 18.9 Å². The van der Waals surface area contributed by atoms with Crippen molar-refractivity contribution in [2.24, 2.45) is 0 Å². The minimum absolute atomic E-state index is 0.314. The molecule has 5 heteroatoms. The van der Waals surface area contributed by atoms with E-state index in [0.29, 0.717) is 28.4 Å². The Kier molecular flexibility index (Phi) is 4.80. The number of nitrogen functional groups attached to an aromatic ring is 1. The van der Waals surface area contributed by atoms with Crippen LogP contribution in [-0.4, -0.2) is 24.2 Å². The van der Waals surface area contributed by atoms with Crippen LogP contribution in [-0.2, 0) is 0 Å². The first-order chi connectivity index (χ1) is 9.15. The summed E-state index contributed by atoms with van der Waals surface area (Å²) in [6, 6.07) is 3.29. The molecule has 106 valence electrons. The number of halogens is 1. The first-order valence-electron chi connectivity index (χ1n) is 6.66. The van der Waals surface area contributed by atoms with Crippen molar-refractivity contribution < 1.29 is 9.13 Å².